The van der Waals surface area contributed by atoms with Crippen LogP contribution in [0.25, 0.3) is 21.8 Å². The Kier molecular flexibility index (Phi) is 15.1. The molecule has 370 valence electrons. The van der Waals surface area contributed by atoms with Crippen LogP contribution in [0.3, 0.4) is 0 Å². The molecule has 0 spiro atoms. The number of ether oxygens (including phenoxy) is 8. The molecule has 0 saturated heterocycles. The molecule has 2 aromatic heterocycles. The Morgan fingerprint density at radius 3 is 1.23 bits per heavy atom. The molecule has 8 aromatic rings. The minimum absolute atomic E-state index is 0.0172. The molecule has 6 aromatic carbocycles. The molecule has 0 aliphatic heterocycles. The second kappa shape index (κ2) is 21.1. The van der Waals surface area contributed by atoms with Crippen molar-refractivity contribution >= 4 is 53.2 Å². The maximum atomic E-state index is 14.8. The van der Waals surface area contributed by atoms with Crippen LogP contribution in [0, 0.1) is 11.6 Å². The maximum Gasteiger partial charge on any atom is 0.573 e. The van der Waals surface area contributed by atoms with E-state index >= 15 is 0 Å². The monoisotopic (exact) mass is 1020 g/mol. The lowest BCUT2D eigenvalue weighted by Gasteiger charge is -2.15. The number of benzene rings is 6. The molecular formula is C48H39F5N4O12S2. The molecular weight excluding hydrogens is 984 g/mol. The van der Waals surface area contributed by atoms with Crippen molar-refractivity contribution in [3.05, 3.63) is 145 Å². The molecule has 0 saturated carbocycles. The van der Waals surface area contributed by atoms with Crippen LogP contribution in [0.5, 0.6) is 57.5 Å². The highest BCUT2D eigenvalue weighted by atomic mass is 32.2. The second-order valence-corrected chi connectivity index (χ2v) is 17.7. The largest absolute Gasteiger partial charge is 0.573 e. The number of alkyl halides is 3. The minimum atomic E-state index is -5.12. The average molecular weight is 1020 g/mol. The van der Waals surface area contributed by atoms with Gasteiger partial charge in [-0.15, -0.1) is 13.2 Å². The first-order chi connectivity index (χ1) is 33.9. The molecule has 2 N–H and O–H groups in total. The van der Waals surface area contributed by atoms with E-state index in [0.29, 0.717) is 56.3 Å². The van der Waals surface area contributed by atoms with E-state index in [1.165, 1.54) is 84.2 Å². The number of methoxy groups -OCH3 is 5. The van der Waals surface area contributed by atoms with Crippen molar-refractivity contribution in [3.63, 3.8) is 0 Å². The predicted octanol–water partition coefficient (Wildman–Crippen LogP) is 10.9. The van der Waals surface area contributed by atoms with Gasteiger partial charge in [0.15, 0.2) is 34.6 Å². The quantitative estimate of drug-likeness (QED) is 0.0869. The van der Waals surface area contributed by atoms with E-state index in [1.54, 1.807) is 54.7 Å². The SMILES string of the molecule is COc1cc2nccc(Oc3ccc(NS(=O)(=O)c4ccccc4OC(F)(F)F)c(F)c3)c2cc1OC.COc1cc2nccc(Oc3ccc(NS(=O)(=O)c4ccccc4OC)c(F)c3)c2cc1OC. The number of fused-ring (bicyclic) bond motifs is 2. The number of hydrogen-bond donors (Lipinski definition) is 2. The van der Waals surface area contributed by atoms with Gasteiger partial charge >= 0.3 is 6.36 Å². The van der Waals surface area contributed by atoms with Gasteiger partial charge in [0.2, 0.25) is 0 Å². The van der Waals surface area contributed by atoms with E-state index < -0.39 is 54.4 Å². The van der Waals surface area contributed by atoms with Gasteiger partial charge in [-0.2, -0.15) is 0 Å². The van der Waals surface area contributed by atoms with Crippen LogP contribution < -0.4 is 47.3 Å². The molecule has 0 unspecified atom stereocenters. The van der Waals surface area contributed by atoms with E-state index in [4.69, 9.17) is 33.2 Å². The second-order valence-electron chi connectivity index (χ2n) is 14.4. The number of halogens is 5. The van der Waals surface area contributed by atoms with E-state index in [2.05, 4.69) is 19.4 Å². The fourth-order valence-corrected chi connectivity index (χ4v) is 9.17. The zero-order chi connectivity index (χ0) is 51.1. The van der Waals surface area contributed by atoms with Crippen molar-refractivity contribution < 1.29 is 76.7 Å². The molecule has 8 rings (SSSR count). The summed E-state index contributed by atoms with van der Waals surface area (Å²) in [5.41, 5.74) is 0.362. The molecule has 0 radical (unpaired) electrons. The van der Waals surface area contributed by atoms with Gasteiger partial charge in [-0.05, 0) is 72.8 Å². The minimum Gasteiger partial charge on any atom is -0.495 e. The molecule has 71 heavy (non-hydrogen) atoms. The summed E-state index contributed by atoms with van der Waals surface area (Å²) in [6.07, 6.45) is -2.10. The molecule has 16 nitrogen and oxygen atoms in total. The number of anilines is 2. The topological polar surface area (TPSA) is 192 Å². The van der Waals surface area contributed by atoms with Crippen LogP contribution in [0.2, 0.25) is 0 Å². The summed E-state index contributed by atoms with van der Waals surface area (Å²) in [6.45, 7) is 0. The standard InChI is InChI=1S/C24H18F4N2O6S.C24H21FN2O6S/c1-33-21-12-15-18(13-22(21)34-2)29-10-9-19(15)35-14-7-8-17(16(25)11-14)30-37(31,32)23-6-4-3-5-20(23)36-24(26,27)28;1-30-21-6-4-5-7-24(21)34(28,29)27-18-9-8-15(12-17(18)25)33-20-10-11-26-19-14-23(32-3)22(31-2)13-16(19)20/h3-13,30H,1-2H3;4-14,27H,1-3H3. The Bertz CT molecular complexity index is 3480. The van der Waals surface area contributed by atoms with E-state index in [9.17, 15) is 38.8 Å². The normalized spacial score (nSPS) is 11.5. The fraction of sp³-hybridized carbons (Fsp3) is 0.125. The Labute approximate surface area is 402 Å². The molecule has 0 aliphatic rings. The first-order valence-electron chi connectivity index (χ1n) is 20.4. The Morgan fingerprint density at radius 1 is 0.451 bits per heavy atom. The van der Waals surface area contributed by atoms with E-state index in [1.807, 2.05) is 4.72 Å². The van der Waals surface area contributed by atoms with Crippen LogP contribution in [-0.2, 0) is 20.0 Å². The van der Waals surface area contributed by atoms with Gasteiger partial charge in [0.1, 0.15) is 44.3 Å². The first kappa shape index (κ1) is 50.6. The third-order valence-electron chi connectivity index (χ3n) is 9.96. The Hall–Kier alpha value is -8.31. The molecule has 0 atom stereocenters. The highest BCUT2D eigenvalue weighted by molar-refractivity contribution is 7.93. The van der Waals surface area contributed by atoms with Gasteiger partial charge in [-0.3, -0.25) is 19.4 Å². The van der Waals surface area contributed by atoms with Crippen LogP contribution in [0.1, 0.15) is 0 Å². The summed E-state index contributed by atoms with van der Waals surface area (Å²) in [7, 11) is -1.39. The number of sulfonamides is 2. The molecule has 0 fully saturated rings. The Morgan fingerprint density at radius 2 is 0.831 bits per heavy atom. The number of hydrogen-bond acceptors (Lipinski definition) is 14. The summed E-state index contributed by atoms with van der Waals surface area (Å²) in [6, 6.07) is 27.1. The van der Waals surface area contributed by atoms with Gasteiger partial charge in [-0.1, -0.05) is 24.3 Å². The van der Waals surface area contributed by atoms with Gasteiger partial charge in [-0.25, -0.2) is 25.6 Å². The zero-order valence-corrected chi connectivity index (χ0v) is 39.3. The third kappa shape index (κ3) is 11.8. The summed E-state index contributed by atoms with van der Waals surface area (Å²) >= 11 is 0. The molecule has 0 aliphatic carbocycles. The van der Waals surface area contributed by atoms with Crippen LogP contribution >= 0.6 is 0 Å². The number of nitrogens with one attached hydrogen (secondary N) is 2. The fourth-order valence-electron chi connectivity index (χ4n) is 6.73. The van der Waals surface area contributed by atoms with Crippen molar-refractivity contribution in [1.82, 2.24) is 9.97 Å². The van der Waals surface area contributed by atoms with Crippen LogP contribution in [0.15, 0.2) is 144 Å². The van der Waals surface area contributed by atoms with E-state index in [0.717, 1.165) is 30.3 Å². The highest BCUT2D eigenvalue weighted by Crippen LogP contribution is 2.40. The average Bonchev–Trinajstić information content (AvgIpc) is 3.34. The molecule has 0 amide bonds. The highest BCUT2D eigenvalue weighted by Gasteiger charge is 2.34. The van der Waals surface area contributed by atoms with Crippen LogP contribution in [0.4, 0.5) is 33.3 Å². The number of nitrogens with zero attached hydrogens (tertiary/aromatic N) is 2. The summed E-state index contributed by atoms with van der Waals surface area (Å²) in [5.74, 6) is 0.0988. The number of para-hydroxylation sites is 2. The van der Waals surface area contributed by atoms with Gasteiger partial charge in [0.05, 0.1) is 58.0 Å². The Balaban J connectivity index is 0.000000209. The lowest BCUT2D eigenvalue weighted by Crippen LogP contribution is -2.21. The number of aromatic nitrogens is 2. The van der Waals surface area contributed by atoms with Gasteiger partial charge < -0.3 is 37.9 Å². The van der Waals surface area contributed by atoms with Gasteiger partial charge in [0, 0.05) is 47.4 Å². The molecule has 23 heteroatoms. The lowest BCUT2D eigenvalue weighted by atomic mass is 10.2. The predicted molar refractivity (Wildman–Crippen MR) is 250 cm³/mol. The molecule has 2 heterocycles. The molecule has 0 bridgehead atoms. The summed E-state index contributed by atoms with van der Waals surface area (Å²) in [5, 5.41) is 1.16. The van der Waals surface area contributed by atoms with Crippen molar-refractivity contribution in [3.8, 4) is 57.5 Å². The third-order valence-corrected chi connectivity index (χ3v) is 12.8. The van der Waals surface area contributed by atoms with Gasteiger partial charge in [0.25, 0.3) is 20.0 Å². The van der Waals surface area contributed by atoms with E-state index in [-0.39, 0.29) is 27.8 Å². The van der Waals surface area contributed by atoms with Crippen LogP contribution in [-0.4, -0.2) is 68.7 Å². The van der Waals surface area contributed by atoms with Crippen molar-refractivity contribution in [2.75, 3.05) is 45.0 Å². The summed E-state index contributed by atoms with van der Waals surface area (Å²) in [4.78, 5) is 7.63. The zero-order valence-electron chi connectivity index (χ0n) is 37.7. The summed E-state index contributed by atoms with van der Waals surface area (Å²) < 4.78 is 165. The van der Waals surface area contributed by atoms with Crippen molar-refractivity contribution in [2.24, 2.45) is 0 Å². The van der Waals surface area contributed by atoms with Crippen molar-refractivity contribution in [1.29, 1.82) is 0 Å². The number of rotatable bonds is 16. The maximum absolute atomic E-state index is 14.8. The smallest absolute Gasteiger partial charge is 0.495 e. The number of pyridine rings is 2. The first-order valence-corrected chi connectivity index (χ1v) is 23.3. The van der Waals surface area contributed by atoms with Crippen molar-refractivity contribution in [2.45, 2.75) is 16.2 Å². The lowest BCUT2D eigenvalue weighted by molar-refractivity contribution is -0.275.